The van der Waals surface area contributed by atoms with E-state index >= 15 is 0 Å². The zero-order valence-electron chi connectivity index (χ0n) is 11.0. The van der Waals surface area contributed by atoms with Crippen LogP contribution in [0.25, 0.3) is 0 Å². The molecule has 0 aliphatic carbocycles. The smallest absolute Gasteiger partial charge is 0.240 e. The third-order valence-corrected chi connectivity index (χ3v) is 4.38. The second kappa shape index (κ2) is 5.59. The van der Waals surface area contributed by atoms with Gasteiger partial charge in [-0.25, -0.2) is 13.1 Å². The molecule has 0 aliphatic rings. The van der Waals surface area contributed by atoms with Crippen LogP contribution in [0, 0.1) is 6.92 Å². The van der Waals surface area contributed by atoms with Crippen LogP contribution in [0.3, 0.4) is 0 Å². The molecule has 1 aromatic heterocycles. The minimum Gasteiger partial charge on any atom is -0.469 e. The van der Waals surface area contributed by atoms with Crippen LogP contribution in [0.1, 0.15) is 24.2 Å². The fourth-order valence-corrected chi connectivity index (χ4v) is 2.84. The van der Waals surface area contributed by atoms with Gasteiger partial charge in [0.25, 0.3) is 0 Å². The highest BCUT2D eigenvalue weighted by molar-refractivity contribution is 7.89. The summed E-state index contributed by atoms with van der Waals surface area (Å²) in [6.07, 6.45) is 1.58. The second-order valence-electron chi connectivity index (χ2n) is 4.58. The maximum absolute atomic E-state index is 12.1. The van der Waals surface area contributed by atoms with Crippen molar-refractivity contribution in [2.24, 2.45) is 0 Å². The molecule has 0 saturated heterocycles. The SMILES string of the molecule is Cc1ccc(S(=O)(=O)NC[C@@H](C)c2ccco2)cc1. The lowest BCUT2D eigenvalue weighted by atomic mass is 10.1. The van der Waals surface area contributed by atoms with Crippen molar-refractivity contribution in [3.05, 3.63) is 54.0 Å². The van der Waals surface area contributed by atoms with Gasteiger partial charge >= 0.3 is 0 Å². The molecule has 0 spiro atoms. The Bertz CT molecular complexity index is 615. The van der Waals surface area contributed by atoms with Crippen molar-refractivity contribution >= 4 is 10.0 Å². The Balaban J connectivity index is 2.04. The molecular formula is C14H17NO3S. The summed E-state index contributed by atoms with van der Waals surface area (Å²) in [5, 5.41) is 0. The highest BCUT2D eigenvalue weighted by atomic mass is 32.2. The number of sulfonamides is 1. The molecule has 0 amide bonds. The van der Waals surface area contributed by atoms with Gasteiger partial charge in [-0.15, -0.1) is 0 Å². The number of rotatable bonds is 5. The topological polar surface area (TPSA) is 59.3 Å². The number of aryl methyl sites for hydroxylation is 1. The Morgan fingerprint density at radius 1 is 1.21 bits per heavy atom. The average molecular weight is 279 g/mol. The monoisotopic (exact) mass is 279 g/mol. The zero-order valence-corrected chi connectivity index (χ0v) is 11.8. The van der Waals surface area contributed by atoms with Gasteiger partial charge in [-0.3, -0.25) is 0 Å². The molecule has 0 aliphatic heterocycles. The van der Waals surface area contributed by atoms with Crippen molar-refractivity contribution in [2.45, 2.75) is 24.7 Å². The van der Waals surface area contributed by atoms with E-state index < -0.39 is 10.0 Å². The van der Waals surface area contributed by atoms with E-state index in [1.54, 1.807) is 36.6 Å². The standard InChI is InChI=1S/C14H17NO3S/c1-11-5-7-13(8-6-11)19(16,17)15-10-12(2)14-4-3-9-18-14/h3-9,12,15H,10H2,1-2H3/t12-/m1/s1. The van der Waals surface area contributed by atoms with Gasteiger partial charge in [0, 0.05) is 12.5 Å². The molecule has 0 saturated carbocycles. The fourth-order valence-electron chi connectivity index (χ4n) is 1.71. The van der Waals surface area contributed by atoms with Crippen LogP contribution >= 0.6 is 0 Å². The van der Waals surface area contributed by atoms with Crippen LogP contribution in [0.4, 0.5) is 0 Å². The zero-order chi connectivity index (χ0) is 13.9. The molecule has 1 heterocycles. The van der Waals surface area contributed by atoms with E-state index in [1.807, 2.05) is 19.9 Å². The number of hydrogen-bond acceptors (Lipinski definition) is 3. The summed E-state index contributed by atoms with van der Waals surface area (Å²) in [6.45, 7) is 4.14. The lowest BCUT2D eigenvalue weighted by Crippen LogP contribution is -2.27. The van der Waals surface area contributed by atoms with E-state index in [2.05, 4.69) is 4.72 Å². The molecule has 0 unspecified atom stereocenters. The summed E-state index contributed by atoms with van der Waals surface area (Å²) in [7, 11) is -3.45. The van der Waals surface area contributed by atoms with Crippen LogP contribution in [0.15, 0.2) is 52.0 Å². The highest BCUT2D eigenvalue weighted by Crippen LogP contribution is 2.16. The van der Waals surface area contributed by atoms with Crippen molar-refractivity contribution in [3.8, 4) is 0 Å². The molecule has 5 heteroatoms. The molecule has 1 atom stereocenters. The fraction of sp³-hybridized carbons (Fsp3) is 0.286. The van der Waals surface area contributed by atoms with E-state index in [4.69, 9.17) is 4.42 Å². The number of furan rings is 1. The Morgan fingerprint density at radius 3 is 2.47 bits per heavy atom. The average Bonchev–Trinajstić information content (AvgIpc) is 2.90. The van der Waals surface area contributed by atoms with Crippen LogP contribution < -0.4 is 4.72 Å². The molecule has 1 N–H and O–H groups in total. The van der Waals surface area contributed by atoms with Crippen LogP contribution in [0.5, 0.6) is 0 Å². The first-order chi connectivity index (χ1) is 8.99. The minimum atomic E-state index is -3.45. The first-order valence-electron chi connectivity index (χ1n) is 6.09. The van der Waals surface area contributed by atoms with E-state index in [9.17, 15) is 8.42 Å². The molecule has 0 bridgehead atoms. The van der Waals surface area contributed by atoms with E-state index in [0.717, 1.165) is 11.3 Å². The lowest BCUT2D eigenvalue weighted by Gasteiger charge is -2.11. The number of benzene rings is 1. The van der Waals surface area contributed by atoms with E-state index in [1.165, 1.54) is 0 Å². The molecular weight excluding hydrogens is 262 g/mol. The number of nitrogens with one attached hydrogen (secondary N) is 1. The van der Waals surface area contributed by atoms with Gasteiger partial charge in [0.1, 0.15) is 5.76 Å². The van der Waals surface area contributed by atoms with Crippen molar-refractivity contribution in [3.63, 3.8) is 0 Å². The Kier molecular flexibility index (Phi) is 4.07. The predicted molar refractivity (Wildman–Crippen MR) is 73.5 cm³/mol. The lowest BCUT2D eigenvalue weighted by molar-refractivity contribution is 0.470. The van der Waals surface area contributed by atoms with E-state index in [0.29, 0.717) is 6.54 Å². The summed E-state index contributed by atoms with van der Waals surface area (Å²) < 4.78 is 32.0. The maximum atomic E-state index is 12.1. The molecule has 2 aromatic rings. The van der Waals surface area contributed by atoms with Crippen molar-refractivity contribution in [1.82, 2.24) is 4.72 Å². The van der Waals surface area contributed by atoms with Gasteiger partial charge in [0.05, 0.1) is 11.2 Å². The van der Waals surface area contributed by atoms with Crippen LogP contribution in [-0.4, -0.2) is 15.0 Å². The minimum absolute atomic E-state index is 0.00442. The first-order valence-corrected chi connectivity index (χ1v) is 7.57. The van der Waals surface area contributed by atoms with Gasteiger partial charge in [-0.05, 0) is 31.2 Å². The summed E-state index contributed by atoms with van der Waals surface area (Å²) in [4.78, 5) is 0.282. The van der Waals surface area contributed by atoms with Gasteiger partial charge in [0.15, 0.2) is 0 Å². The normalized spacial score (nSPS) is 13.4. The van der Waals surface area contributed by atoms with Crippen molar-refractivity contribution < 1.29 is 12.8 Å². The van der Waals surface area contributed by atoms with Gasteiger partial charge in [-0.1, -0.05) is 24.6 Å². The maximum Gasteiger partial charge on any atom is 0.240 e. The van der Waals surface area contributed by atoms with Gasteiger partial charge < -0.3 is 4.42 Å². The molecule has 0 fully saturated rings. The Labute approximate surface area is 113 Å². The highest BCUT2D eigenvalue weighted by Gasteiger charge is 2.16. The molecule has 102 valence electrons. The molecule has 0 radical (unpaired) electrons. The third kappa shape index (κ3) is 3.45. The summed E-state index contributed by atoms with van der Waals surface area (Å²) in [5.41, 5.74) is 1.03. The van der Waals surface area contributed by atoms with Crippen molar-refractivity contribution in [1.29, 1.82) is 0 Å². The Hall–Kier alpha value is -1.59. The quantitative estimate of drug-likeness (QED) is 0.915. The molecule has 2 rings (SSSR count). The molecule has 4 nitrogen and oxygen atoms in total. The largest absolute Gasteiger partial charge is 0.469 e. The third-order valence-electron chi connectivity index (χ3n) is 2.94. The second-order valence-corrected chi connectivity index (χ2v) is 6.35. The summed E-state index contributed by atoms with van der Waals surface area (Å²) in [6, 6.07) is 10.4. The number of hydrogen-bond donors (Lipinski definition) is 1. The van der Waals surface area contributed by atoms with Crippen molar-refractivity contribution in [2.75, 3.05) is 6.54 Å². The van der Waals surface area contributed by atoms with Crippen LogP contribution in [0.2, 0.25) is 0 Å². The van der Waals surface area contributed by atoms with E-state index in [-0.39, 0.29) is 10.8 Å². The first kappa shape index (κ1) is 13.8. The summed E-state index contributed by atoms with van der Waals surface area (Å²) in [5.74, 6) is 0.766. The predicted octanol–water partition coefficient (Wildman–Crippen LogP) is 2.67. The van der Waals surface area contributed by atoms with Crippen LogP contribution in [-0.2, 0) is 10.0 Å². The molecule has 19 heavy (non-hydrogen) atoms. The van der Waals surface area contributed by atoms with Gasteiger partial charge in [0.2, 0.25) is 10.0 Å². The Morgan fingerprint density at radius 2 is 1.89 bits per heavy atom. The molecule has 1 aromatic carbocycles. The van der Waals surface area contributed by atoms with Gasteiger partial charge in [-0.2, -0.15) is 0 Å². The summed E-state index contributed by atoms with van der Waals surface area (Å²) >= 11 is 0.